The first-order valence-electron chi connectivity index (χ1n) is 7.98. The number of non-ortho nitro benzene ring substituents is 1. The standard InChI is InChI=1S/C18H11N5O4S/c19-8-14(22-21-12-2-1-3-13(7-12)23(24)25)18-20-15(9-28-18)11-4-5-16-17(6-11)27-10-26-16/h1-7,9,21H,10H2. The Labute approximate surface area is 162 Å². The van der Waals surface area contributed by atoms with Gasteiger partial charge >= 0.3 is 0 Å². The maximum absolute atomic E-state index is 10.8. The zero-order valence-corrected chi connectivity index (χ0v) is 15.0. The molecule has 28 heavy (non-hydrogen) atoms. The molecule has 1 N–H and O–H groups in total. The fourth-order valence-corrected chi connectivity index (χ4v) is 3.27. The zero-order chi connectivity index (χ0) is 19.5. The highest BCUT2D eigenvalue weighted by Crippen LogP contribution is 2.36. The summed E-state index contributed by atoms with van der Waals surface area (Å²) in [4.78, 5) is 14.8. The number of thiazole rings is 1. The lowest BCUT2D eigenvalue weighted by Gasteiger charge is -2.01. The zero-order valence-electron chi connectivity index (χ0n) is 14.2. The lowest BCUT2D eigenvalue weighted by atomic mass is 10.1. The van der Waals surface area contributed by atoms with Gasteiger partial charge in [-0.25, -0.2) is 4.98 Å². The van der Waals surface area contributed by atoms with E-state index >= 15 is 0 Å². The Bertz CT molecular complexity index is 1130. The number of hydrazone groups is 1. The van der Waals surface area contributed by atoms with Crippen molar-refractivity contribution in [3.63, 3.8) is 0 Å². The molecule has 138 valence electrons. The van der Waals surface area contributed by atoms with Gasteiger partial charge in [0, 0.05) is 23.1 Å². The predicted octanol–water partition coefficient (Wildman–Crippen LogP) is 3.79. The molecule has 4 rings (SSSR count). The normalized spacial score (nSPS) is 12.5. The summed E-state index contributed by atoms with van der Waals surface area (Å²) < 4.78 is 10.7. The molecule has 0 spiro atoms. The van der Waals surface area contributed by atoms with Crippen LogP contribution in [0.5, 0.6) is 11.5 Å². The minimum atomic E-state index is -0.501. The van der Waals surface area contributed by atoms with Crippen LogP contribution in [-0.4, -0.2) is 22.4 Å². The number of ether oxygens (including phenoxy) is 2. The van der Waals surface area contributed by atoms with Crippen LogP contribution in [0.1, 0.15) is 5.01 Å². The molecule has 1 aromatic heterocycles. The molecule has 0 unspecified atom stereocenters. The molecule has 0 radical (unpaired) electrons. The van der Waals surface area contributed by atoms with E-state index in [0.717, 1.165) is 5.56 Å². The SMILES string of the molecule is N#CC(=NNc1cccc([N+](=O)[O-])c1)c1nc(-c2ccc3c(c2)OCO3)cs1. The number of nitro benzene ring substituents is 1. The number of nitrogens with one attached hydrogen (secondary N) is 1. The van der Waals surface area contributed by atoms with Crippen molar-refractivity contribution in [3.05, 3.63) is 63.0 Å². The van der Waals surface area contributed by atoms with Crippen LogP contribution in [0.2, 0.25) is 0 Å². The van der Waals surface area contributed by atoms with Gasteiger partial charge in [-0.2, -0.15) is 10.4 Å². The van der Waals surface area contributed by atoms with Crippen LogP contribution < -0.4 is 14.9 Å². The Morgan fingerprint density at radius 2 is 2.14 bits per heavy atom. The predicted molar refractivity (Wildman–Crippen MR) is 103 cm³/mol. The minimum absolute atomic E-state index is 0.0712. The van der Waals surface area contributed by atoms with Crippen molar-refractivity contribution in [1.29, 1.82) is 5.26 Å². The first-order chi connectivity index (χ1) is 13.6. The average Bonchev–Trinajstić information content (AvgIpc) is 3.38. The number of aromatic nitrogens is 1. The third-order valence-electron chi connectivity index (χ3n) is 3.83. The summed E-state index contributed by atoms with van der Waals surface area (Å²) in [6.07, 6.45) is 0. The quantitative estimate of drug-likeness (QED) is 0.397. The molecule has 0 atom stereocenters. The summed E-state index contributed by atoms with van der Waals surface area (Å²) in [5.74, 6) is 1.33. The average molecular weight is 393 g/mol. The Kier molecular flexibility index (Phi) is 4.57. The fourth-order valence-electron chi connectivity index (χ4n) is 2.50. The number of benzene rings is 2. The molecule has 0 aliphatic carbocycles. The summed E-state index contributed by atoms with van der Waals surface area (Å²) in [6.45, 7) is 0.190. The topological polar surface area (TPSA) is 123 Å². The Morgan fingerprint density at radius 3 is 2.96 bits per heavy atom. The van der Waals surface area contributed by atoms with Crippen molar-refractivity contribution in [1.82, 2.24) is 4.98 Å². The van der Waals surface area contributed by atoms with Crippen LogP contribution in [0.15, 0.2) is 52.9 Å². The fraction of sp³-hybridized carbons (Fsp3) is 0.0556. The molecule has 9 nitrogen and oxygen atoms in total. The van der Waals surface area contributed by atoms with Gasteiger partial charge in [0.15, 0.2) is 22.2 Å². The Balaban J connectivity index is 1.56. The second kappa shape index (κ2) is 7.34. The van der Waals surface area contributed by atoms with E-state index in [9.17, 15) is 15.4 Å². The minimum Gasteiger partial charge on any atom is -0.454 e. The van der Waals surface area contributed by atoms with E-state index in [4.69, 9.17) is 9.47 Å². The van der Waals surface area contributed by atoms with Crippen LogP contribution in [0.4, 0.5) is 11.4 Å². The van der Waals surface area contributed by atoms with E-state index in [0.29, 0.717) is 27.9 Å². The van der Waals surface area contributed by atoms with Gasteiger partial charge in [0.1, 0.15) is 6.07 Å². The molecule has 3 aromatic rings. The Morgan fingerprint density at radius 1 is 1.29 bits per heavy atom. The maximum Gasteiger partial charge on any atom is 0.271 e. The van der Waals surface area contributed by atoms with E-state index in [1.807, 2.05) is 23.6 Å². The van der Waals surface area contributed by atoms with Crippen LogP contribution >= 0.6 is 11.3 Å². The third-order valence-corrected chi connectivity index (χ3v) is 4.68. The summed E-state index contributed by atoms with van der Waals surface area (Å²) in [6, 6.07) is 13.3. The molecule has 0 amide bonds. The van der Waals surface area contributed by atoms with Crippen molar-refractivity contribution >= 4 is 28.4 Å². The largest absolute Gasteiger partial charge is 0.454 e. The van der Waals surface area contributed by atoms with Crippen LogP contribution in [0.3, 0.4) is 0 Å². The number of rotatable bonds is 5. The van der Waals surface area contributed by atoms with Crippen LogP contribution in [0, 0.1) is 21.4 Å². The summed E-state index contributed by atoms with van der Waals surface area (Å²) in [5.41, 5.74) is 4.57. The van der Waals surface area contributed by atoms with E-state index < -0.39 is 4.92 Å². The van der Waals surface area contributed by atoms with Gasteiger partial charge in [0.25, 0.3) is 5.69 Å². The molecule has 2 heterocycles. The van der Waals surface area contributed by atoms with E-state index in [-0.39, 0.29) is 18.2 Å². The molecule has 1 aliphatic rings. The lowest BCUT2D eigenvalue weighted by molar-refractivity contribution is -0.384. The highest BCUT2D eigenvalue weighted by atomic mass is 32.1. The third kappa shape index (κ3) is 3.46. The highest BCUT2D eigenvalue weighted by Gasteiger charge is 2.16. The molecule has 0 saturated heterocycles. The number of hydrogen-bond acceptors (Lipinski definition) is 9. The number of fused-ring (bicyclic) bond motifs is 1. The van der Waals surface area contributed by atoms with E-state index in [1.54, 1.807) is 12.1 Å². The molecule has 10 heteroatoms. The van der Waals surface area contributed by atoms with E-state index in [2.05, 4.69) is 15.5 Å². The molecule has 0 fully saturated rings. The second-order valence-electron chi connectivity index (χ2n) is 5.60. The number of nitro groups is 1. The molecule has 0 saturated carbocycles. The highest BCUT2D eigenvalue weighted by molar-refractivity contribution is 7.12. The number of hydrogen-bond donors (Lipinski definition) is 1. The van der Waals surface area contributed by atoms with Gasteiger partial charge in [-0.15, -0.1) is 11.3 Å². The summed E-state index contributed by atoms with van der Waals surface area (Å²) in [5, 5.41) is 26.5. The maximum atomic E-state index is 10.8. The molecular formula is C18H11N5O4S. The molecule has 0 bridgehead atoms. The summed E-state index contributed by atoms with van der Waals surface area (Å²) >= 11 is 1.27. The lowest BCUT2D eigenvalue weighted by Crippen LogP contribution is -2.01. The molecular weight excluding hydrogens is 382 g/mol. The second-order valence-corrected chi connectivity index (χ2v) is 6.46. The van der Waals surface area contributed by atoms with Crippen molar-refractivity contribution < 1.29 is 14.4 Å². The first kappa shape index (κ1) is 17.4. The van der Waals surface area contributed by atoms with E-state index in [1.165, 1.54) is 29.5 Å². The number of nitriles is 1. The monoisotopic (exact) mass is 393 g/mol. The molecule has 1 aliphatic heterocycles. The van der Waals surface area contributed by atoms with Gasteiger partial charge in [-0.1, -0.05) is 6.07 Å². The van der Waals surface area contributed by atoms with Crippen molar-refractivity contribution in [2.45, 2.75) is 0 Å². The van der Waals surface area contributed by atoms with Gasteiger partial charge in [0.05, 0.1) is 16.3 Å². The Hall–Kier alpha value is -3.97. The van der Waals surface area contributed by atoms with Gasteiger partial charge in [-0.05, 0) is 24.3 Å². The summed E-state index contributed by atoms with van der Waals surface area (Å²) in [7, 11) is 0. The van der Waals surface area contributed by atoms with Gasteiger partial charge in [-0.3, -0.25) is 15.5 Å². The van der Waals surface area contributed by atoms with Gasteiger partial charge in [0.2, 0.25) is 6.79 Å². The van der Waals surface area contributed by atoms with Crippen LogP contribution in [-0.2, 0) is 0 Å². The number of anilines is 1. The van der Waals surface area contributed by atoms with Crippen molar-refractivity contribution in [3.8, 4) is 28.8 Å². The number of nitrogens with zero attached hydrogens (tertiary/aromatic N) is 4. The first-order valence-corrected chi connectivity index (χ1v) is 8.86. The van der Waals surface area contributed by atoms with Gasteiger partial charge < -0.3 is 9.47 Å². The molecule has 2 aromatic carbocycles. The van der Waals surface area contributed by atoms with Crippen LogP contribution in [0.25, 0.3) is 11.3 Å². The smallest absolute Gasteiger partial charge is 0.271 e. The van der Waals surface area contributed by atoms with Crippen molar-refractivity contribution in [2.75, 3.05) is 12.2 Å². The van der Waals surface area contributed by atoms with Crippen molar-refractivity contribution in [2.24, 2.45) is 5.10 Å².